The third-order valence-corrected chi connectivity index (χ3v) is 2.38. The topological polar surface area (TPSA) is 40.6 Å². The molecule has 1 aromatic carbocycles. The van der Waals surface area contributed by atoms with Gasteiger partial charge in [-0.2, -0.15) is 5.01 Å². The van der Waals surface area contributed by atoms with E-state index in [9.17, 15) is 9.59 Å². The van der Waals surface area contributed by atoms with Crippen molar-refractivity contribution in [3.8, 4) is 0 Å². The largest absolute Gasteiger partial charge is 0.281 e. The standard InChI is InChI=1S/C12H10N2O2/c1-3-13(4-2)14-11(15)9-7-5-6-8-10(9)12(14)16/h3-8H,1-2H2. The van der Waals surface area contributed by atoms with Crippen LogP contribution in [0.5, 0.6) is 0 Å². The molecular weight excluding hydrogens is 204 g/mol. The molecule has 80 valence electrons. The highest BCUT2D eigenvalue weighted by atomic mass is 16.2. The molecule has 2 rings (SSSR count). The Kier molecular flexibility index (Phi) is 2.32. The summed E-state index contributed by atoms with van der Waals surface area (Å²) >= 11 is 0. The summed E-state index contributed by atoms with van der Waals surface area (Å²) in [6, 6.07) is 6.69. The maximum absolute atomic E-state index is 11.9. The Hall–Kier alpha value is -2.36. The van der Waals surface area contributed by atoms with Crippen LogP contribution in [0.4, 0.5) is 0 Å². The summed E-state index contributed by atoms with van der Waals surface area (Å²) in [6.07, 6.45) is 2.71. The van der Waals surface area contributed by atoms with Crippen molar-refractivity contribution in [1.29, 1.82) is 0 Å². The van der Waals surface area contributed by atoms with Gasteiger partial charge in [0.15, 0.2) is 0 Å². The van der Waals surface area contributed by atoms with Gasteiger partial charge in [-0.25, -0.2) is 0 Å². The highest BCUT2D eigenvalue weighted by Gasteiger charge is 2.37. The predicted molar refractivity (Wildman–Crippen MR) is 59.2 cm³/mol. The monoisotopic (exact) mass is 214 g/mol. The fourth-order valence-electron chi connectivity index (χ4n) is 1.62. The van der Waals surface area contributed by atoms with E-state index in [2.05, 4.69) is 13.2 Å². The summed E-state index contributed by atoms with van der Waals surface area (Å²) in [5.74, 6) is -0.721. The van der Waals surface area contributed by atoms with Gasteiger partial charge in [0.1, 0.15) is 0 Å². The average Bonchev–Trinajstić information content (AvgIpc) is 2.57. The van der Waals surface area contributed by atoms with Crippen molar-refractivity contribution in [2.24, 2.45) is 0 Å². The molecule has 0 N–H and O–H groups in total. The first-order valence-corrected chi connectivity index (χ1v) is 4.72. The third kappa shape index (κ3) is 1.24. The predicted octanol–water partition coefficient (Wildman–Crippen LogP) is 1.79. The summed E-state index contributed by atoms with van der Waals surface area (Å²) in [7, 11) is 0. The minimum Gasteiger partial charge on any atom is -0.267 e. The zero-order chi connectivity index (χ0) is 11.7. The second-order valence-electron chi connectivity index (χ2n) is 3.21. The third-order valence-electron chi connectivity index (χ3n) is 2.38. The zero-order valence-corrected chi connectivity index (χ0v) is 8.59. The highest BCUT2D eigenvalue weighted by molar-refractivity contribution is 6.21. The molecule has 4 heteroatoms. The Morgan fingerprint density at radius 2 is 1.44 bits per heavy atom. The molecule has 16 heavy (non-hydrogen) atoms. The van der Waals surface area contributed by atoms with E-state index in [0.717, 1.165) is 5.01 Å². The van der Waals surface area contributed by atoms with Crippen LogP contribution in [0.3, 0.4) is 0 Å². The van der Waals surface area contributed by atoms with E-state index in [0.29, 0.717) is 11.1 Å². The van der Waals surface area contributed by atoms with Gasteiger partial charge in [0.25, 0.3) is 11.8 Å². The molecule has 1 aromatic rings. The quantitative estimate of drug-likeness (QED) is 0.720. The number of benzene rings is 1. The van der Waals surface area contributed by atoms with Crippen molar-refractivity contribution in [3.05, 3.63) is 61.0 Å². The minimum absolute atomic E-state index is 0.361. The molecule has 4 nitrogen and oxygen atoms in total. The summed E-state index contributed by atoms with van der Waals surface area (Å²) in [6.45, 7) is 7.03. The molecule has 0 saturated carbocycles. The van der Waals surface area contributed by atoms with Gasteiger partial charge in [0.05, 0.1) is 11.1 Å². The van der Waals surface area contributed by atoms with Crippen LogP contribution in [-0.4, -0.2) is 21.8 Å². The fourth-order valence-corrected chi connectivity index (χ4v) is 1.62. The number of nitrogens with zero attached hydrogens (tertiary/aromatic N) is 2. The molecule has 0 saturated heterocycles. The molecule has 0 radical (unpaired) electrons. The maximum Gasteiger partial charge on any atom is 0.281 e. The fraction of sp³-hybridized carbons (Fsp3) is 0. The van der Waals surface area contributed by atoms with Crippen molar-refractivity contribution in [3.63, 3.8) is 0 Å². The second kappa shape index (κ2) is 3.66. The summed E-state index contributed by atoms with van der Waals surface area (Å²) < 4.78 is 0. The number of rotatable bonds is 3. The summed E-state index contributed by atoms with van der Waals surface area (Å²) in [5, 5.41) is 2.27. The Bertz CT molecular complexity index is 451. The molecule has 0 aliphatic carbocycles. The van der Waals surface area contributed by atoms with Crippen LogP contribution < -0.4 is 0 Å². The lowest BCUT2D eigenvalue weighted by molar-refractivity contribution is 0.0358. The molecule has 1 aliphatic heterocycles. The zero-order valence-electron chi connectivity index (χ0n) is 8.59. The molecular formula is C12H10N2O2. The highest BCUT2D eigenvalue weighted by Crippen LogP contribution is 2.24. The van der Waals surface area contributed by atoms with Gasteiger partial charge in [0, 0.05) is 12.4 Å². The molecule has 1 heterocycles. The first kappa shape index (κ1) is 10.2. The van der Waals surface area contributed by atoms with Gasteiger partial charge in [-0.05, 0) is 12.1 Å². The van der Waals surface area contributed by atoms with Crippen molar-refractivity contribution < 1.29 is 9.59 Å². The number of hydrogen-bond acceptors (Lipinski definition) is 3. The lowest BCUT2D eigenvalue weighted by atomic mass is 10.1. The Morgan fingerprint density at radius 1 is 1.00 bits per heavy atom. The molecule has 0 bridgehead atoms. The van der Waals surface area contributed by atoms with E-state index in [-0.39, 0.29) is 11.8 Å². The van der Waals surface area contributed by atoms with E-state index >= 15 is 0 Å². The summed E-state index contributed by atoms with van der Waals surface area (Å²) in [5.41, 5.74) is 0.808. The first-order valence-electron chi connectivity index (χ1n) is 4.72. The molecule has 0 atom stereocenters. The Labute approximate surface area is 93.0 Å². The van der Waals surface area contributed by atoms with E-state index in [1.165, 1.54) is 17.4 Å². The van der Waals surface area contributed by atoms with Gasteiger partial charge in [-0.15, -0.1) is 0 Å². The molecule has 0 aromatic heterocycles. The second-order valence-corrected chi connectivity index (χ2v) is 3.21. The first-order chi connectivity index (χ1) is 7.70. The summed E-state index contributed by atoms with van der Waals surface area (Å²) in [4.78, 5) is 23.9. The van der Waals surface area contributed by atoms with E-state index < -0.39 is 0 Å². The number of fused-ring (bicyclic) bond motifs is 1. The lowest BCUT2D eigenvalue weighted by Crippen LogP contribution is -2.39. The van der Waals surface area contributed by atoms with Gasteiger partial charge in [-0.1, -0.05) is 25.3 Å². The molecule has 0 fully saturated rings. The number of amides is 2. The van der Waals surface area contributed by atoms with Crippen molar-refractivity contribution >= 4 is 11.8 Å². The van der Waals surface area contributed by atoms with Crippen LogP contribution in [-0.2, 0) is 0 Å². The average molecular weight is 214 g/mol. The van der Waals surface area contributed by atoms with Crippen LogP contribution in [0.25, 0.3) is 0 Å². The SMILES string of the molecule is C=CN(C=C)N1C(=O)c2ccccc2C1=O. The van der Waals surface area contributed by atoms with Crippen molar-refractivity contribution in [2.45, 2.75) is 0 Å². The number of carbonyl (C=O) groups excluding carboxylic acids is 2. The number of imide groups is 1. The molecule has 0 spiro atoms. The van der Waals surface area contributed by atoms with Crippen molar-refractivity contribution in [1.82, 2.24) is 10.0 Å². The number of hydrogen-bond donors (Lipinski definition) is 0. The normalized spacial score (nSPS) is 13.6. The smallest absolute Gasteiger partial charge is 0.267 e. The van der Waals surface area contributed by atoms with Crippen LogP contribution in [0.2, 0.25) is 0 Å². The maximum atomic E-state index is 11.9. The Balaban J connectivity index is 2.50. The van der Waals surface area contributed by atoms with Crippen LogP contribution >= 0.6 is 0 Å². The minimum atomic E-state index is -0.361. The lowest BCUT2D eigenvalue weighted by Gasteiger charge is -2.24. The van der Waals surface area contributed by atoms with E-state index in [1.54, 1.807) is 24.3 Å². The number of hydrazine groups is 1. The Morgan fingerprint density at radius 3 is 1.81 bits per heavy atom. The van der Waals surface area contributed by atoms with Gasteiger partial charge >= 0.3 is 0 Å². The van der Waals surface area contributed by atoms with Crippen LogP contribution in [0.1, 0.15) is 20.7 Å². The van der Waals surface area contributed by atoms with Crippen LogP contribution in [0.15, 0.2) is 49.8 Å². The van der Waals surface area contributed by atoms with Crippen LogP contribution in [0, 0.1) is 0 Å². The van der Waals surface area contributed by atoms with Gasteiger partial charge in [-0.3, -0.25) is 14.6 Å². The number of carbonyl (C=O) groups is 2. The van der Waals surface area contributed by atoms with Gasteiger partial charge < -0.3 is 0 Å². The van der Waals surface area contributed by atoms with E-state index in [1.807, 2.05) is 0 Å². The molecule has 1 aliphatic rings. The van der Waals surface area contributed by atoms with Crippen molar-refractivity contribution in [2.75, 3.05) is 0 Å². The van der Waals surface area contributed by atoms with Gasteiger partial charge in [0.2, 0.25) is 0 Å². The van der Waals surface area contributed by atoms with E-state index in [4.69, 9.17) is 0 Å². The molecule has 0 unspecified atom stereocenters. The molecule has 2 amide bonds.